The van der Waals surface area contributed by atoms with Gasteiger partial charge in [0.15, 0.2) is 0 Å². The predicted molar refractivity (Wildman–Crippen MR) is 112 cm³/mol. The summed E-state index contributed by atoms with van der Waals surface area (Å²) in [7, 11) is 3.12. The highest BCUT2D eigenvalue weighted by molar-refractivity contribution is 5.95. The van der Waals surface area contributed by atoms with Gasteiger partial charge >= 0.3 is 0 Å². The maximum atomic E-state index is 12.9. The third-order valence-corrected chi connectivity index (χ3v) is 5.27. The second kappa shape index (κ2) is 9.45. The van der Waals surface area contributed by atoms with Crippen molar-refractivity contribution in [1.29, 1.82) is 0 Å². The summed E-state index contributed by atoms with van der Waals surface area (Å²) in [6.45, 7) is 4.21. The Morgan fingerprint density at radius 3 is 1.97 bits per heavy atom. The second-order valence-corrected chi connectivity index (χ2v) is 7.26. The van der Waals surface area contributed by atoms with Gasteiger partial charge in [-0.05, 0) is 31.0 Å². The van der Waals surface area contributed by atoms with Crippen molar-refractivity contribution in [3.05, 3.63) is 59.2 Å². The second-order valence-electron chi connectivity index (χ2n) is 7.26. The molecule has 0 spiro atoms. The van der Waals surface area contributed by atoms with Gasteiger partial charge in [0.2, 0.25) is 5.91 Å². The molecule has 0 atom stereocenters. The van der Waals surface area contributed by atoms with E-state index in [1.807, 2.05) is 4.90 Å². The van der Waals surface area contributed by atoms with Crippen LogP contribution in [0.2, 0.25) is 0 Å². The summed E-state index contributed by atoms with van der Waals surface area (Å²) in [5.41, 5.74) is 2.92. The van der Waals surface area contributed by atoms with Gasteiger partial charge in [0.05, 0.1) is 14.2 Å². The van der Waals surface area contributed by atoms with Gasteiger partial charge in [-0.25, -0.2) is 0 Å². The Balaban J connectivity index is 1.53. The molecule has 2 aromatic rings. The van der Waals surface area contributed by atoms with Gasteiger partial charge in [-0.2, -0.15) is 0 Å². The molecule has 1 saturated heterocycles. The first-order chi connectivity index (χ1) is 14.0. The van der Waals surface area contributed by atoms with Crippen molar-refractivity contribution in [2.45, 2.75) is 19.8 Å². The van der Waals surface area contributed by atoms with Crippen LogP contribution in [0.3, 0.4) is 0 Å². The Labute approximate surface area is 172 Å². The monoisotopic (exact) mass is 396 g/mol. The molecule has 6 nitrogen and oxygen atoms in total. The number of nitrogens with zero attached hydrogens (tertiary/aromatic N) is 2. The summed E-state index contributed by atoms with van der Waals surface area (Å²) in [4.78, 5) is 29.0. The predicted octanol–water partition coefficient (Wildman–Crippen LogP) is 2.93. The van der Waals surface area contributed by atoms with E-state index in [9.17, 15) is 9.59 Å². The van der Waals surface area contributed by atoms with Crippen molar-refractivity contribution in [3.63, 3.8) is 0 Å². The lowest BCUT2D eigenvalue weighted by molar-refractivity contribution is -0.132. The molecule has 3 rings (SSSR count). The van der Waals surface area contributed by atoms with Crippen molar-refractivity contribution < 1.29 is 19.1 Å². The van der Waals surface area contributed by atoms with Crippen LogP contribution in [-0.2, 0) is 11.2 Å². The van der Waals surface area contributed by atoms with Crippen molar-refractivity contribution in [2.24, 2.45) is 0 Å². The molecule has 2 amide bonds. The average Bonchev–Trinajstić information content (AvgIpc) is 2.77. The van der Waals surface area contributed by atoms with Gasteiger partial charge in [-0.1, -0.05) is 29.8 Å². The largest absolute Gasteiger partial charge is 0.497 e. The molecule has 1 heterocycles. The standard InChI is InChI=1S/C23H28N2O4/c1-17-4-6-18(7-5-17)8-9-22(26)24-10-12-25(13-11-24)23(27)19-14-20(28-2)16-21(15-19)29-3/h4-7,14-16H,8-13H2,1-3H3. The molecular formula is C23H28N2O4. The van der Waals surface area contributed by atoms with E-state index in [4.69, 9.17) is 9.47 Å². The minimum absolute atomic E-state index is 0.0750. The highest BCUT2D eigenvalue weighted by Gasteiger charge is 2.25. The molecule has 6 heteroatoms. The molecule has 0 aliphatic carbocycles. The van der Waals surface area contributed by atoms with Gasteiger partial charge in [0.25, 0.3) is 5.91 Å². The van der Waals surface area contributed by atoms with E-state index in [2.05, 4.69) is 31.2 Å². The zero-order chi connectivity index (χ0) is 20.8. The summed E-state index contributed by atoms with van der Waals surface area (Å²) < 4.78 is 10.5. The third kappa shape index (κ3) is 5.28. The van der Waals surface area contributed by atoms with Crippen molar-refractivity contribution in [1.82, 2.24) is 9.80 Å². The maximum Gasteiger partial charge on any atom is 0.254 e. The SMILES string of the molecule is COc1cc(OC)cc(C(=O)N2CCN(C(=O)CCc3ccc(C)cc3)CC2)c1. The minimum Gasteiger partial charge on any atom is -0.497 e. The molecule has 0 N–H and O–H groups in total. The first kappa shape index (κ1) is 20.7. The number of piperazine rings is 1. The normalized spacial score (nSPS) is 13.9. The summed E-state index contributed by atoms with van der Waals surface area (Å²) in [6.07, 6.45) is 1.23. The van der Waals surface area contributed by atoms with E-state index >= 15 is 0 Å². The Bertz CT molecular complexity index is 833. The first-order valence-electron chi connectivity index (χ1n) is 9.86. The number of carbonyl (C=O) groups is 2. The van der Waals surface area contributed by atoms with Crippen molar-refractivity contribution in [3.8, 4) is 11.5 Å². The van der Waals surface area contributed by atoms with Gasteiger partial charge in [-0.15, -0.1) is 0 Å². The van der Waals surface area contributed by atoms with Crippen LogP contribution in [0.1, 0.15) is 27.9 Å². The third-order valence-electron chi connectivity index (χ3n) is 5.27. The van der Waals surface area contributed by atoms with Crippen LogP contribution < -0.4 is 9.47 Å². The number of ether oxygens (including phenoxy) is 2. The van der Waals surface area contributed by atoms with Crippen molar-refractivity contribution in [2.75, 3.05) is 40.4 Å². The molecule has 29 heavy (non-hydrogen) atoms. The number of aryl methyl sites for hydroxylation is 2. The van der Waals surface area contributed by atoms with Crippen molar-refractivity contribution >= 4 is 11.8 Å². The number of amides is 2. The number of rotatable bonds is 6. The Kier molecular flexibility index (Phi) is 6.75. The number of methoxy groups -OCH3 is 2. The topological polar surface area (TPSA) is 59.1 Å². The van der Waals surface area contributed by atoms with Crippen LogP contribution in [-0.4, -0.2) is 62.0 Å². The number of benzene rings is 2. The van der Waals surface area contributed by atoms with E-state index < -0.39 is 0 Å². The number of hydrogen-bond donors (Lipinski definition) is 0. The molecule has 1 fully saturated rings. The maximum absolute atomic E-state index is 12.9. The van der Waals surface area contributed by atoms with Crippen LogP contribution in [0, 0.1) is 6.92 Å². The summed E-state index contributed by atoms with van der Waals surface area (Å²) >= 11 is 0. The van der Waals surface area contributed by atoms with E-state index in [0.29, 0.717) is 49.7 Å². The van der Waals surface area contributed by atoms with Gasteiger partial charge in [0.1, 0.15) is 11.5 Å². The lowest BCUT2D eigenvalue weighted by Gasteiger charge is -2.35. The summed E-state index contributed by atoms with van der Waals surface area (Å²) in [5, 5.41) is 0. The van der Waals surface area contributed by atoms with Gasteiger partial charge < -0.3 is 19.3 Å². The van der Waals surface area contributed by atoms with Gasteiger partial charge in [0, 0.05) is 44.2 Å². The molecule has 0 saturated carbocycles. The first-order valence-corrected chi connectivity index (χ1v) is 9.86. The quantitative estimate of drug-likeness (QED) is 0.753. The minimum atomic E-state index is -0.0750. The fourth-order valence-corrected chi connectivity index (χ4v) is 3.44. The van der Waals surface area contributed by atoms with E-state index in [-0.39, 0.29) is 11.8 Å². The van der Waals surface area contributed by atoms with Crippen LogP contribution in [0.25, 0.3) is 0 Å². The molecule has 2 aromatic carbocycles. The molecule has 0 aromatic heterocycles. The molecule has 154 valence electrons. The lowest BCUT2D eigenvalue weighted by Crippen LogP contribution is -2.50. The van der Waals surface area contributed by atoms with Gasteiger partial charge in [-0.3, -0.25) is 9.59 Å². The van der Waals surface area contributed by atoms with Crippen LogP contribution in [0.15, 0.2) is 42.5 Å². The van der Waals surface area contributed by atoms with Crippen LogP contribution >= 0.6 is 0 Å². The number of carbonyl (C=O) groups excluding carboxylic acids is 2. The smallest absolute Gasteiger partial charge is 0.254 e. The Morgan fingerprint density at radius 1 is 0.862 bits per heavy atom. The zero-order valence-corrected chi connectivity index (χ0v) is 17.3. The highest BCUT2D eigenvalue weighted by Crippen LogP contribution is 2.24. The molecule has 1 aliphatic heterocycles. The Hall–Kier alpha value is -3.02. The summed E-state index contributed by atoms with van der Waals surface area (Å²) in [5.74, 6) is 1.23. The van der Waals surface area contributed by atoms with E-state index in [1.54, 1.807) is 37.3 Å². The van der Waals surface area contributed by atoms with E-state index in [1.165, 1.54) is 11.1 Å². The molecule has 0 bridgehead atoms. The molecule has 1 aliphatic rings. The highest BCUT2D eigenvalue weighted by atomic mass is 16.5. The van der Waals surface area contributed by atoms with E-state index in [0.717, 1.165) is 6.42 Å². The fourth-order valence-electron chi connectivity index (χ4n) is 3.44. The molecular weight excluding hydrogens is 368 g/mol. The van der Waals surface area contributed by atoms with Crippen LogP contribution in [0.4, 0.5) is 0 Å². The Morgan fingerprint density at radius 2 is 1.41 bits per heavy atom. The fraction of sp³-hybridized carbons (Fsp3) is 0.391. The zero-order valence-electron chi connectivity index (χ0n) is 17.3. The molecule has 0 unspecified atom stereocenters. The number of hydrogen-bond acceptors (Lipinski definition) is 4. The lowest BCUT2D eigenvalue weighted by atomic mass is 10.1. The molecule has 0 radical (unpaired) electrons. The van der Waals surface area contributed by atoms with Crippen LogP contribution in [0.5, 0.6) is 11.5 Å². The average molecular weight is 396 g/mol. The summed E-state index contributed by atoms with van der Waals surface area (Å²) in [6, 6.07) is 13.4.